The summed E-state index contributed by atoms with van der Waals surface area (Å²) in [5, 5.41) is 4.44. The zero-order valence-corrected chi connectivity index (χ0v) is 12.8. The second-order valence-electron chi connectivity index (χ2n) is 5.89. The minimum atomic E-state index is 0.0693. The van der Waals surface area contributed by atoms with E-state index in [0.29, 0.717) is 0 Å². The van der Waals surface area contributed by atoms with Crippen LogP contribution in [0.1, 0.15) is 18.5 Å². The molecule has 0 amide bonds. The minimum absolute atomic E-state index is 0.0693. The number of aromatic nitrogens is 2. The second kappa shape index (κ2) is 6.87. The SMILES string of the molecule is COCCCn1nccc1CN1CCOCC12CCOC2. The maximum Gasteiger partial charge on any atom is 0.0704 e. The standard InChI is InChI=1S/C15H25N3O3/c1-19-8-2-6-18-14(3-5-16-18)11-17-7-10-21-13-15(17)4-9-20-12-15/h3,5H,2,4,6-13H2,1H3. The van der Waals surface area contributed by atoms with Gasteiger partial charge in [-0.25, -0.2) is 0 Å². The van der Waals surface area contributed by atoms with E-state index in [4.69, 9.17) is 14.2 Å². The Balaban J connectivity index is 1.66. The quantitative estimate of drug-likeness (QED) is 0.730. The van der Waals surface area contributed by atoms with Gasteiger partial charge in [-0.1, -0.05) is 0 Å². The monoisotopic (exact) mass is 295 g/mol. The zero-order valence-electron chi connectivity index (χ0n) is 12.8. The molecular weight excluding hydrogens is 270 g/mol. The van der Waals surface area contributed by atoms with E-state index >= 15 is 0 Å². The van der Waals surface area contributed by atoms with Crippen molar-refractivity contribution in [2.75, 3.05) is 46.7 Å². The average Bonchev–Trinajstić information content (AvgIpc) is 3.13. The van der Waals surface area contributed by atoms with Crippen LogP contribution in [-0.2, 0) is 27.3 Å². The molecule has 1 aromatic rings. The highest BCUT2D eigenvalue weighted by Gasteiger charge is 2.43. The van der Waals surface area contributed by atoms with Crippen molar-refractivity contribution in [3.63, 3.8) is 0 Å². The zero-order chi connectivity index (χ0) is 14.5. The highest BCUT2D eigenvalue weighted by atomic mass is 16.5. The number of methoxy groups -OCH3 is 1. The molecule has 1 spiro atoms. The van der Waals surface area contributed by atoms with Crippen molar-refractivity contribution >= 4 is 0 Å². The van der Waals surface area contributed by atoms with Crippen LogP contribution in [0.5, 0.6) is 0 Å². The smallest absolute Gasteiger partial charge is 0.0704 e. The molecule has 6 heteroatoms. The van der Waals surface area contributed by atoms with E-state index in [0.717, 1.165) is 65.5 Å². The van der Waals surface area contributed by atoms with E-state index in [2.05, 4.69) is 20.7 Å². The van der Waals surface area contributed by atoms with Gasteiger partial charge in [0.05, 0.1) is 31.1 Å². The fourth-order valence-electron chi connectivity index (χ4n) is 3.22. The maximum absolute atomic E-state index is 5.71. The molecule has 2 aliphatic heterocycles. The first-order valence-corrected chi connectivity index (χ1v) is 7.74. The largest absolute Gasteiger partial charge is 0.385 e. The Morgan fingerprint density at radius 1 is 1.33 bits per heavy atom. The van der Waals surface area contributed by atoms with Crippen LogP contribution >= 0.6 is 0 Å². The predicted molar refractivity (Wildman–Crippen MR) is 78.1 cm³/mol. The Kier molecular flexibility index (Phi) is 4.90. The number of hydrogen-bond donors (Lipinski definition) is 0. The summed E-state index contributed by atoms with van der Waals surface area (Å²) in [7, 11) is 1.74. The number of hydrogen-bond acceptors (Lipinski definition) is 5. The van der Waals surface area contributed by atoms with Crippen LogP contribution in [0.2, 0.25) is 0 Å². The molecule has 2 fully saturated rings. The molecule has 0 saturated carbocycles. The molecule has 2 aliphatic rings. The lowest BCUT2D eigenvalue weighted by atomic mass is 9.95. The van der Waals surface area contributed by atoms with Gasteiger partial charge < -0.3 is 14.2 Å². The number of ether oxygens (including phenoxy) is 3. The van der Waals surface area contributed by atoms with Crippen LogP contribution in [0.4, 0.5) is 0 Å². The first-order chi connectivity index (χ1) is 10.3. The molecule has 21 heavy (non-hydrogen) atoms. The average molecular weight is 295 g/mol. The van der Waals surface area contributed by atoms with Gasteiger partial charge in [0.15, 0.2) is 0 Å². The number of morpholine rings is 1. The van der Waals surface area contributed by atoms with Gasteiger partial charge in [0.25, 0.3) is 0 Å². The summed E-state index contributed by atoms with van der Waals surface area (Å²) in [5.74, 6) is 0. The lowest BCUT2D eigenvalue weighted by Gasteiger charge is -2.43. The molecule has 0 aliphatic carbocycles. The summed E-state index contributed by atoms with van der Waals surface area (Å²) in [6.07, 6.45) is 3.94. The third-order valence-corrected chi connectivity index (χ3v) is 4.51. The number of rotatable bonds is 6. The van der Waals surface area contributed by atoms with Crippen molar-refractivity contribution in [1.82, 2.24) is 14.7 Å². The van der Waals surface area contributed by atoms with Gasteiger partial charge in [0, 0.05) is 46.2 Å². The third-order valence-electron chi connectivity index (χ3n) is 4.51. The van der Waals surface area contributed by atoms with Crippen LogP contribution in [0.3, 0.4) is 0 Å². The number of nitrogens with zero attached hydrogens (tertiary/aromatic N) is 3. The van der Waals surface area contributed by atoms with Crippen molar-refractivity contribution in [1.29, 1.82) is 0 Å². The van der Waals surface area contributed by atoms with E-state index < -0.39 is 0 Å². The molecule has 0 N–H and O–H groups in total. The highest BCUT2D eigenvalue weighted by molar-refractivity contribution is 5.05. The Morgan fingerprint density at radius 3 is 3.00 bits per heavy atom. The molecule has 6 nitrogen and oxygen atoms in total. The normalized spacial score (nSPS) is 26.7. The molecular formula is C15H25N3O3. The lowest BCUT2D eigenvalue weighted by Crippen LogP contribution is -2.57. The molecule has 3 rings (SSSR count). The van der Waals surface area contributed by atoms with Gasteiger partial charge >= 0.3 is 0 Å². The molecule has 118 valence electrons. The van der Waals surface area contributed by atoms with E-state index in [1.165, 1.54) is 5.69 Å². The Morgan fingerprint density at radius 2 is 2.19 bits per heavy atom. The van der Waals surface area contributed by atoms with Crippen LogP contribution in [0, 0.1) is 0 Å². The molecule has 1 aromatic heterocycles. The van der Waals surface area contributed by atoms with Gasteiger partial charge in [-0.05, 0) is 18.9 Å². The molecule has 2 saturated heterocycles. The van der Waals surface area contributed by atoms with E-state index in [-0.39, 0.29) is 5.54 Å². The molecule has 0 bridgehead atoms. The number of aryl methyl sites for hydroxylation is 1. The molecule has 1 atom stereocenters. The summed E-state index contributed by atoms with van der Waals surface area (Å²) in [6.45, 7) is 6.77. The lowest BCUT2D eigenvalue weighted by molar-refractivity contribution is -0.0758. The Hall–Kier alpha value is -0.950. The van der Waals surface area contributed by atoms with Gasteiger partial charge in [0.2, 0.25) is 0 Å². The first kappa shape index (κ1) is 15.0. The van der Waals surface area contributed by atoms with Gasteiger partial charge in [-0.15, -0.1) is 0 Å². The van der Waals surface area contributed by atoms with Crippen molar-refractivity contribution in [2.45, 2.75) is 31.5 Å². The molecule has 3 heterocycles. The first-order valence-electron chi connectivity index (χ1n) is 7.74. The molecule has 0 aromatic carbocycles. The Bertz CT molecular complexity index is 443. The van der Waals surface area contributed by atoms with Gasteiger partial charge in [-0.2, -0.15) is 5.10 Å². The maximum atomic E-state index is 5.71. The highest BCUT2D eigenvalue weighted by Crippen LogP contribution is 2.30. The second-order valence-corrected chi connectivity index (χ2v) is 5.89. The summed E-state index contributed by atoms with van der Waals surface area (Å²) in [5.41, 5.74) is 1.33. The van der Waals surface area contributed by atoms with Crippen molar-refractivity contribution in [3.8, 4) is 0 Å². The van der Waals surface area contributed by atoms with Gasteiger partial charge in [0.1, 0.15) is 0 Å². The Labute approximate surface area is 126 Å². The van der Waals surface area contributed by atoms with Gasteiger partial charge in [-0.3, -0.25) is 9.58 Å². The van der Waals surface area contributed by atoms with Crippen LogP contribution in [0.15, 0.2) is 12.3 Å². The fraction of sp³-hybridized carbons (Fsp3) is 0.800. The van der Waals surface area contributed by atoms with Crippen LogP contribution in [-0.4, -0.2) is 66.9 Å². The minimum Gasteiger partial charge on any atom is -0.385 e. The topological polar surface area (TPSA) is 48.8 Å². The van der Waals surface area contributed by atoms with E-state index in [1.807, 2.05) is 6.20 Å². The summed E-state index contributed by atoms with van der Waals surface area (Å²) >= 11 is 0. The van der Waals surface area contributed by atoms with E-state index in [1.54, 1.807) is 7.11 Å². The molecule has 1 unspecified atom stereocenters. The van der Waals surface area contributed by atoms with Crippen LogP contribution in [0.25, 0.3) is 0 Å². The summed E-state index contributed by atoms with van der Waals surface area (Å²) in [4.78, 5) is 2.52. The van der Waals surface area contributed by atoms with Crippen LogP contribution < -0.4 is 0 Å². The van der Waals surface area contributed by atoms with Crippen molar-refractivity contribution in [3.05, 3.63) is 18.0 Å². The third kappa shape index (κ3) is 3.29. The van der Waals surface area contributed by atoms with Crippen molar-refractivity contribution < 1.29 is 14.2 Å². The predicted octanol–water partition coefficient (Wildman–Crippen LogP) is 0.911. The fourth-order valence-corrected chi connectivity index (χ4v) is 3.22. The summed E-state index contributed by atoms with van der Waals surface area (Å²) in [6, 6.07) is 2.12. The van der Waals surface area contributed by atoms with E-state index in [9.17, 15) is 0 Å². The summed E-state index contributed by atoms with van der Waals surface area (Å²) < 4.78 is 18.6. The van der Waals surface area contributed by atoms with Crippen molar-refractivity contribution in [2.24, 2.45) is 0 Å². The molecule has 0 radical (unpaired) electrons.